The molecule has 3 aliphatic rings. The van der Waals surface area contributed by atoms with E-state index in [4.69, 9.17) is 4.52 Å². The highest BCUT2D eigenvalue weighted by atomic mass is 16.5. The van der Waals surface area contributed by atoms with E-state index in [0.717, 1.165) is 68.6 Å². The molecule has 1 saturated heterocycles. The molecule has 7 nitrogen and oxygen atoms in total. The van der Waals surface area contributed by atoms with E-state index < -0.39 is 0 Å². The molecule has 2 saturated carbocycles. The van der Waals surface area contributed by atoms with Crippen LogP contribution in [0.15, 0.2) is 22.9 Å². The van der Waals surface area contributed by atoms with Crippen LogP contribution in [0.25, 0.3) is 11.4 Å². The Labute approximate surface area is 190 Å². The average molecular weight is 438 g/mol. The highest BCUT2D eigenvalue weighted by Gasteiger charge is 2.25. The largest absolute Gasteiger partial charge is 0.353 e. The van der Waals surface area contributed by atoms with Crippen LogP contribution in [0.1, 0.15) is 82.4 Å². The van der Waals surface area contributed by atoms with Crippen LogP contribution in [-0.2, 0) is 4.79 Å². The molecule has 0 atom stereocenters. The number of nitrogens with zero attached hydrogens (tertiary/aromatic N) is 5. The van der Waals surface area contributed by atoms with Gasteiger partial charge in [0.05, 0.1) is 0 Å². The van der Waals surface area contributed by atoms with Gasteiger partial charge in [-0.2, -0.15) is 4.98 Å². The van der Waals surface area contributed by atoms with Crippen molar-refractivity contribution >= 4 is 11.7 Å². The minimum absolute atomic E-state index is 0.328. The molecule has 1 aliphatic heterocycles. The highest BCUT2D eigenvalue weighted by molar-refractivity contribution is 5.76. The van der Waals surface area contributed by atoms with Gasteiger partial charge >= 0.3 is 0 Å². The fourth-order valence-electron chi connectivity index (χ4n) is 5.54. The Bertz CT molecular complexity index is 876. The van der Waals surface area contributed by atoms with Gasteiger partial charge in [0, 0.05) is 50.3 Å². The average Bonchev–Trinajstić information content (AvgIpc) is 3.56. The number of rotatable bonds is 6. The zero-order valence-corrected chi connectivity index (χ0v) is 19.0. The predicted molar refractivity (Wildman–Crippen MR) is 123 cm³/mol. The zero-order valence-electron chi connectivity index (χ0n) is 19.0. The molecule has 172 valence electrons. The minimum atomic E-state index is 0.328. The van der Waals surface area contributed by atoms with Crippen LogP contribution in [0.5, 0.6) is 0 Å². The number of hydrogen-bond donors (Lipinski definition) is 0. The van der Waals surface area contributed by atoms with Gasteiger partial charge in [-0.3, -0.25) is 4.79 Å². The second-order valence-electron chi connectivity index (χ2n) is 9.75. The zero-order chi connectivity index (χ0) is 21.8. The number of hydrogen-bond acceptors (Lipinski definition) is 6. The van der Waals surface area contributed by atoms with Crippen LogP contribution in [0.4, 0.5) is 5.82 Å². The minimum Gasteiger partial charge on any atom is -0.353 e. The molecule has 7 heteroatoms. The Kier molecular flexibility index (Phi) is 6.69. The number of amides is 1. The molecular formula is C25H35N5O2. The second kappa shape index (κ2) is 10.0. The Morgan fingerprint density at radius 3 is 2.44 bits per heavy atom. The van der Waals surface area contributed by atoms with Gasteiger partial charge in [-0.25, -0.2) is 4.98 Å². The van der Waals surface area contributed by atoms with E-state index in [9.17, 15) is 4.79 Å². The van der Waals surface area contributed by atoms with Gasteiger partial charge in [0.15, 0.2) is 0 Å². The van der Waals surface area contributed by atoms with E-state index in [-0.39, 0.29) is 0 Å². The molecule has 2 aromatic rings. The third kappa shape index (κ3) is 4.97. The molecule has 0 unspecified atom stereocenters. The highest BCUT2D eigenvalue weighted by Crippen LogP contribution is 2.34. The lowest BCUT2D eigenvalue weighted by molar-refractivity contribution is -0.131. The quantitative estimate of drug-likeness (QED) is 0.646. The summed E-state index contributed by atoms with van der Waals surface area (Å²) in [5.74, 6) is 3.86. The number of piperazine rings is 1. The summed E-state index contributed by atoms with van der Waals surface area (Å²) in [5.41, 5.74) is 0.887. The van der Waals surface area contributed by atoms with Crippen LogP contribution in [0, 0.1) is 5.92 Å². The van der Waals surface area contributed by atoms with Crippen molar-refractivity contribution in [1.29, 1.82) is 0 Å². The molecule has 2 aromatic heterocycles. The topological polar surface area (TPSA) is 75.4 Å². The summed E-state index contributed by atoms with van der Waals surface area (Å²) in [5, 5.41) is 4.17. The van der Waals surface area contributed by atoms with Crippen LogP contribution >= 0.6 is 0 Å². The lowest BCUT2D eigenvalue weighted by atomic mass is 9.86. The molecule has 0 spiro atoms. The van der Waals surface area contributed by atoms with E-state index in [1.165, 1.54) is 44.9 Å². The van der Waals surface area contributed by atoms with E-state index >= 15 is 0 Å². The van der Waals surface area contributed by atoms with Gasteiger partial charge in [0.2, 0.25) is 17.6 Å². The molecular weight excluding hydrogens is 402 g/mol. The van der Waals surface area contributed by atoms with E-state index in [1.807, 2.05) is 23.2 Å². The molecule has 3 fully saturated rings. The Hall–Kier alpha value is -2.44. The molecule has 2 aliphatic carbocycles. The van der Waals surface area contributed by atoms with Crippen LogP contribution < -0.4 is 4.90 Å². The molecule has 0 radical (unpaired) electrons. The fourth-order valence-corrected chi connectivity index (χ4v) is 5.54. The maximum atomic E-state index is 12.7. The predicted octanol–water partition coefficient (Wildman–Crippen LogP) is 4.80. The van der Waals surface area contributed by atoms with Crippen LogP contribution in [0.2, 0.25) is 0 Å². The Morgan fingerprint density at radius 2 is 1.72 bits per heavy atom. The smallest absolute Gasteiger partial charge is 0.230 e. The monoisotopic (exact) mass is 437 g/mol. The summed E-state index contributed by atoms with van der Waals surface area (Å²) in [4.78, 5) is 26.2. The number of anilines is 1. The molecule has 0 bridgehead atoms. The maximum Gasteiger partial charge on any atom is 0.230 e. The lowest BCUT2D eigenvalue weighted by Crippen LogP contribution is -2.49. The van der Waals surface area contributed by atoms with Crippen LogP contribution in [0.3, 0.4) is 0 Å². The lowest BCUT2D eigenvalue weighted by Gasteiger charge is -2.35. The maximum absolute atomic E-state index is 12.7. The van der Waals surface area contributed by atoms with Crippen molar-refractivity contribution in [2.75, 3.05) is 31.1 Å². The molecule has 5 rings (SSSR count). The first-order valence-electron chi connectivity index (χ1n) is 12.6. The molecule has 0 aromatic carbocycles. The summed E-state index contributed by atoms with van der Waals surface area (Å²) >= 11 is 0. The van der Waals surface area contributed by atoms with Crippen molar-refractivity contribution in [3.63, 3.8) is 0 Å². The van der Waals surface area contributed by atoms with Crippen molar-refractivity contribution in [2.24, 2.45) is 5.92 Å². The third-order valence-corrected chi connectivity index (χ3v) is 7.60. The summed E-state index contributed by atoms with van der Waals surface area (Å²) in [6, 6.07) is 4.05. The van der Waals surface area contributed by atoms with E-state index in [2.05, 4.69) is 20.0 Å². The summed E-state index contributed by atoms with van der Waals surface area (Å²) in [6.07, 6.45) is 15.1. The first-order valence-corrected chi connectivity index (χ1v) is 12.6. The number of aromatic nitrogens is 3. The second-order valence-corrected chi connectivity index (χ2v) is 9.75. The van der Waals surface area contributed by atoms with Crippen molar-refractivity contribution < 1.29 is 9.32 Å². The molecule has 1 amide bonds. The summed E-state index contributed by atoms with van der Waals surface area (Å²) in [6.45, 7) is 3.22. The third-order valence-electron chi connectivity index (χ3n) is 7.60. The molecule has 0 N–H and O–H groups in total. The van der Waals surface area contributed by atoms with Gasteiger partial charge in [-0.1, -0.05) is 50.1 Å². The summed E-state index contributed by atoms with van der Waals surface area (Å²) < 4.78 is 5.51. The Morgan fingerprint density at radius 1 is 0.969 bits per heavy atom. The van der Waals surface area contributed by atoms with Crippen molar-refractivity contribution in [1.82, 2.24) is 20.0 Å². The van der Waals surface area contributed by atoms with Crippen molar-refractivity contribution in [3.05, 3.63) is 24.2 Å². The normalized spacial score (nSPS) is 20.8. The standard InChI is InChI=1S/C25H35N5O2/c31-23(13-10-19-6-2-1-3-7-19)30-16-14-29(15-17-30)22-12-11-21(18-26-22)24-27-25(32-28-24)20-8-4-5-9-20/h11-12,18-20H,1-10,13-17H2. The van der Waals surface area contributed by atoms with E-state index in [1.54, 1.807) is 0 Å². The van der Waals surface area contributed by atoms with Gasteiger partial charge in [-0.15, -0.1) is 0 Å². The summed E-state index contributed by atoms with van der Waals surface area (Å²) in [7, 11) is 0. The van der Waals surface area contributed by atoms with Crippen LogP contribution in [-0.4, -0.2) is 52.1 Å². The molecule has 3 heterocycles. The van der Waals surface area contributed by atoms with Gasteiger partial charge < -0.3 is 14.3 Å². The SMILES string of the molecule is O=C(CCC1CCCCC1)N1CCN(c2ccc(-c3noc(C4CCCC4)n3)cn2)CC1. The van der Waals surface area contributed by atoms with Crippen molar-refractivity contribution in [2.45, 2.75) is 76.5 Å². The number of carbonyl (C=O) groups is 1. The van der Waals surface area contributed by atoms with Gasteiger partial charge in [0.25, 0.3) is 0 Å². The fraction of sp³-hybridized carbons (Fsp3) is 0.680. The first kappa shape index (κ1) is 21.4. The van der Waals surface area contributed by atoms with Gasteiger partial charge in [-0.05, 0) is 37.3 Å². The first-order chi connectivity index (χ1) is 15.8. The Balaban J connectivity index is 1.11. The molecule has 32 heavy (non-hydrogen) atoms. The number of carbonyl (C=O) groups excluding carboxylic acids is 1. The van der Waals surface area contributed by atoms with Gasteiger partial charge in [0.1, 0.15) is 5.82 Å². The number of pyridine rings is 1. The van der Waals surface area contributed by atoms with Crippen molar-refractivity contribution in [3.8, 4) is 11.4 Å². The van der Waals surface area contributed by atoms with E-state index in [0.29, 0.717) is 24.1 Å².